The van der Waals surface area contributed by atoms with Crippen molar-refractivity contribution in [3.8, 4) is 11.8 Å². The van der Waals surface area contributed by atoms with Crippen molar-refractivity contribution in [3.63, 3.8) is 0 Å². The number of fused-ring (bicyclic) bond motifs is 5. The number of carboxylic acids is 1. The second-order valence-electron chi connectivity index (χ2n) is 8.73. The Kier molecular flexibility index (Phi) is 3.61. The lowest BCUT2D eigenvalue weighted by atomic mass is 9.49. The van der Waals surface area contributed by atoms with Crippen LogP contribution in [0.2, 0.25) is 0 Å². The van der Waals surface area contributed by atoms with Crippen LogP contribution in [-0.4, -0.2) is 16.2 Å². The molecule has 0 spiro atoms. The topological polar surface area (TPSA) is 81.3 Å². The van der Waals surface area contributed by atoms with Gasteiger partial charge in [-0.05, 0) is 85.0 Å². The molecule has 3 aliphatic rings. The van der Waals surface area contributed by atoms with Gasteiger partial charge < -0.3 is 10.2 Å². The lowest BCUT2D eigenvalue weighted by Crippen LogP contribution is -2.50. The maximum Gasteiger partial charge on any atom is 0.303 e. The number of aliphatic carboxylic acids is 1. The first-order chi connectivity index (χ1) is 11.9. The fourth-order valence-electron chi connectivity index (χ4n) is 6.40. The van der Waals surface area contributed by atoms with Crippen molar-refractivity contribution < 1.29 is 15.0 Å². The van der Waals surface area contributed by atoms with Crippen LogP contribution in [0.4, 0.5) is 0 Å². The fourth-order valence-corrected chi connectivity index (χ4v) is 6.40. The maximum atomic E-state index is 11.2. The third-order valence-corrected chi connectivity index (χ3v) is 7.40. The molecule has 0 heterocycles. The molecule has 4 nitrogen and oxygen atoms in total. The van der Waals surface area contributed by atoms with Gasteiger partial charge in [-0.15, -0.1) is 0 Å². The molecule has 0 aromatic heterocycles. The van der Waals surface area contributed by atoms with Crippen LogP contribution in [0.3, 0.4) is 0 Å². The molecule has 0 bridgehead atoms. The second kappa shape index (κ2) is 5.49. The van der Waals surface area contributed by atoms with Gasteiger partial charge in [0.05, 0.1) is 11.5 Å². The molecular weight excluding hydrogens is 314 g/mol. The van der Waals surface area contributed by atoms with Gasteiger partial charge in [0.25, 0.3) is 0 Å². The van der Waals surface area contributed by atoms with Crippen molar-refractivity contribution in [1.82, 2.24) is 0 Å². The van der Waals surface area contributed by atoms with Gasteiger partial charge in [0.1, 0.15) is 5.75 Å². The van der Waals surface area contributed by atoms with Crippen molar-refractivity contribution in [3.05, 3.63) is 29.3 Å². The van der Waals surface area contributed by atoms with Crippen molar-refractivity contribution in [2.24, 2.45) is 23.2 Å². The third-order valence-electron chi connectivity index (χ3n) is 7.40. The zero-order chi connectivity index (χ0) is 17.8. The van der Waals surface area contributed by atoms with Crippen LogP contribution >= 0.6 is 0 Å². The molecular formula is C21H25NO3. The highest BCUT2D eigenvalue weighted by molar-refractivity contribution is 5.67. The Morgan fingerprint density at radius 3 is 2.88 bits per heavy atom. The van der Waals surface area contributed by atoms with E-state index >= 15 is 0 Å². The number of nitriles is 1. The zero-order valence-electron chi connectivity index (χ0n) is 14.7. The lowest BCUT2D eigenvalue weighted by molar-refractivity contribution is -0.138. The Morgan fingerprint density at radius 1 is 1.36 bits per heavy atom. The molecule has 0 amide bonds. The number of aromatic hydroxyl groups is 1. The Morgan fingerprint density at radius 2 is 2.16 bits per heavy atom. The van der Waals surface area contributed by atoms with E-state index in [1.165, 1.54) is 0 Å². The van der Waals surface area contributed by atoms with E-state index in [1.807, 2.05) is 12.1 Å². The molecule has 0 unspecified atom stereocenters. The Bertz CT molecular complexity index is 767. The highest BCUT2D eigenvalue weighted by Crippen LogP contribution is 2.64. The van der Waals surface area contributed by atoms with Crippen LogP contribution in [-0.2, 0) is 16.6 Å². The van der Waals surface area contributed by atoms with Crippen molar-refractivity contribution in [1.29, 1.82) is 5.26 Å². The number of phenols is 1. The summed E-state index contributed by atoms with van der Waals surface area (Å²) in [6, 6.07) is 8.16. The standard InChI is InChI=1S/C21H25NO3/c1-20-6-7-21(12-22)16-5-3-15(23)10-14(16)2-4-17(21)18(20)8-13(11-20)9-19(24)25/h3,5,10,13,17-18,23H,2,4,6-9,11H2,1H3,(H,24,25)/t13-,17-,18-,20+,21-/m0/s1. The quantitative estimate of drug-likeness (QED) is 0.853. The number of hydrogen-bond donors (Lipinski definition) is 2. The minimum absolute atomic E-state index is 0.166. The number of carboxylic acid groups (broad SMARTS) is 1. The molecule has 0 aliphatic heterocycles. The highest BCUT2D eigenvalue weighted by atomic mass is 16.4. The minimum Gasteiger partial charge on any atom is -0.508 e. The number of carbonyl (C=O) groups is 1. The van der Waals surface area contributed by atoms with E-state index in [0.29, 0.717) is 11.8 Å². The highest BCUT2D eigenvalue weighted by Gasteiger charge is 2.59. The molecule has 4 rings (SSSR count). The summed E-state index contributed by atoms with van der Waals surface area (Å²) in [5.74, 6) is 0.527. The largest absolute Gasteiger partial charge is 0.508 e. The summed E-state index contributed by atoms with van der Waals surface area (Å²) in [7, 11) is 0. The molecule has 1 aromatic rings. The SMILES string of the molecule is C[C@]12CC[C@]3(C#N)c4ccc(O)cc4CC[C@H]3[C@@H]1C[C@@H](CC(=O)O)C2. The average Bonchev–Trinajstić information content (AvgIpc) is 2.89. The van der Waals surface area contributed by atoms with Crippen LogP contribution < -0.4 is 0 Å². The van der Waals surface area contributed by atoms with E-state index in [2.05, 4.69) is 13.0 Å². The summed E-state index contributed by atoms with van der Waals surface area (Å²) in [4.78, 5) is 11.2. The number of phenolic OH excluding ortho intramolecular Hbond substituents is 1. The molecule has 2 saturated carbocycles. The summed E-state index contributed by atoms with van der Waals surface area (Å²) in [6.45, 7) is 2.31. The van der Waals surface area contributed by atoms with Gasteiger partial charge in [-0.2, -0.15) is 5.26 Å². The van der Waals surface area contributed by atoms with E-state index in [1.54, 1.807) is 6.07 Å². The normalized spacial score (nSPS) is 39.0. The summed E-state index contributed by atoms with van der Waals surface area (Å²) < 4.78 is 0. The first kappa shape index (κ1) is 16.4. The number of benzene rings is 1. The molecule has 2 N–H and O–H groups in total. The van der Waals surface area contributed by atoms with Gasteiger partial charge in [-0.1, -0.05) is 13.0 Å². The summed E-state index contributed by atoms with van der Waals surface area (Å²) in [5, 5.41) is 29.2. The molecule has 0 radical (unpaired) electrons. The smallest absolute Gasteiger partial charge is 0.303 e. The average molecular weight is 339 g/mol. The van der Waals surface area contributed by atoms with Gasteiger partial charge in [0, 0.05) is 6.42 Å². The molecule has 5 atom stereocenters. The van der Waals surface area contributed by atoms with Crippen LogP contribution in [0, 0.1) is 34.5 Å². The Balaban J connectivity index is 1.73. The van der Waals surface area contributed by atoms with Gasteiger partial charge in [0.2, 0.25) is 0 Å². The van der Waals surface area contributed by atoms with Crippen molar-refractivity contribution in [2.75, 3.05) is 0 Å². The molecule has 0 saturated heterocycles. The number of aryl methyl sites for hydroxylation is 1. The Hall–Kier alpha value is -2.02. The van der Waals surface area contributed by atoms with Gasteiger partial charge in [-0.3, -0.25) is 4.79 Å². The molecule has 25 heavy (non-hydrogen) atoms. The predicted octanol–water partition coefficient (Wildman–Crippen LogP) is 4.02. The minimum atomic E-state index is -0.705. The number of nitrogens with zero attached hydrogens (tertiary/aromatic N) is 1. The predicted molar refractivity (Wildman–Crippen MR) is 93.0 cm³/mol. The molecule has 1 aromatic carbocycles. The van der Waals surface area contributed by atoms with Gasteiger partial charge >= 0.3 is 5.97 Å². The van der Waals surface area contributed by atoms with E-state index in [-0.39, 0.29) is 23.5 Å². The molecule has 2 fully saturated rings. The number of rotatable bonds is 2. The second-order valence-corrected chi connectivity index (χ2v) is 8.73. The van der Waals surface area contributed by atoms with Crippen LogP contribution in [0.1, 0.15) is 56.6 Å². The van der Waals surface area contributed by atoms with Gasteiger partial charge in [-0.25, -0.2) is 0 Å². The van der Waals surface area contributed by atoms with E-state index in [9.17, 15) is 20.3 Å². The van der Waals surface area contributed by atoms with Crippen molar-refractivity contribution >= 4 is 5.97 Å². The summed E-state index contributed by atoms with van der Waals surface area (Å²) >= 11 is 0. The summed E-state index contributed by atoms with van der Waals surface area (Å²) in [5.41, 5.74) is 1.91. The zero-order valence-corrected chi connectivity index (χ0v) is 14.7. The van der Waals surface area contributed by atoms with Crippen LogP contribution in [0.5, 0.6) is 5.75 Å². The molecule has 4 heteroatoms. The fraction of sp³-hybridized carbons (Fsp3) is 0.619. The molecule has 132 valence electrons. The van der Waals surface area contributed by atoms with E-state index in [0.717, 1.165) is 49.7 Å². The first-order valence-electron chi connectivity index (χ1n) is 9.33. The monoisotopic (exact) mass is 339 g/mol. The van der Waals surface area contributed by atoms with Crippen LogP contribution in [0.15, 0.2) is 18.2 Å². The first-order valence-corrected chi connectivity index (χ1v) is 9.33. The van der Waals surface area contributed by atoms with E-state index < -0.39 is 11.4 Å². The van der Waals surface area contributed by atoms with Crippen LogP contribution in [0.25, 0.3) is 0 Å². The summed E-state index contributed by atoms with van der Waals surface area (Å²) in [6.07, 6.45) is 5.85. The molecule has 3 aliphatic carbocycles. The van der Waals surface area contributed by atoms with Gasteiger partial charge in [0.15, 0.2) is 0 Å². The van der Waals surface area contributed by atoms with E-state index in [4.69, 9.17) is 0 Å². The Labute approximate surface area is 148 Å². The number of hydrogen-bond acceptors (Lipinski definition) is 3. The third kappa shape index (κ3) is 2.36. The maximum absolute atomic E-state index is 11.2. The van der Waals surface area contributed by atoms with Crippen molar-refractivity contribution in [2.45, 2.75) is 57.3 Å². The lowest BCUT2D eigenvalue weighted by Gasteiger charge is -2.53.